The average molecular weight is 310 g/mol. The molecule has 122 valence electrons. The first-order chi connectivity index (χ1) is 11.2. The van der Waals surface area contributed by atoms with Crippen molar-refractivity contribution in [2.75, 3.05) is 11.9 Å². The Balaban J connectivity index is 2.03. The van der Waals surface area contributed by atoms with Crippen molar-refractivity contribution in [1.29, 1.82) is 0 Å². The zero-order chi connectivity index (χ0) is 16.5. The second-order valence-corrected chi connectivity index (χ2v) is 5.88. The lowest BCUT2D eigenvalue weighted by molar-refractivity contribution is 0.103. The topological polar surface area (TPSA) is 42.0 Å². The molecule has 1 aromatic carbocycles. The highest BCUT2D eigenvalue weighted by molar-refractivity contribution is 6.12. The van der Waals surface area contributed by atoms with Gasteiger partial charge in [0.25, 0.3) is 0 Å². The third-order valence-electron chi connectivity index (χ3n) is 4.01. The van der Waals surface area contributed by atoms with Gasteiger partial charge in [-0.1, -0.05) is 56.9 Å². The van der Waals surface area contributed by atoms with Gasteiger partial charge in [-0.3, -0.25) is 4.79 Å². The zero-order valence-corrected chi connectivity index (χ0v) is 14.1. The number of benzene rings is 1. The van der Waals surface area contributed by atoms with E-state index in [0.717, 1.165) is 24.1 Å². The summed E-state index contributed by atoms with van der Waals surface area (Å²) in [6.45, 7) is 5.04. The normalized spacial score (nSPS) is 10.5. The molecule has 2 aromatic rings. The summed E-state index contributed by atoms with van der Waals surface area (Å²) in [6, 6.07) is 11.4. The van der Waals surface area contributed by atoms with Crippen LogP contribution in [-0.2, 0) is 0 Å². The molecule has 0 radical (unpaired) electrons. The Kier molecular flexibility index (Phi) is 6.79. The second-order valence-electron chi connectivity index (χ2n) is 5.88. The van der Waals surface area contributed by atoms with Crippen LogP contribution in [-0.4, -0.2) is 17.3 Å². The zero-order valence-electron chi connectivity index (χ0n) is 14.1. The summed E-state index contributed by atoms with van der Waals surface area (Å²) in [5, 5.41) is 3.33. The van der Waals surface area contributed by atoms with Crippen molar-refractivity contribution in [2.45, 2.75) is 46.0 Å². The van der Waals surface area contributed by atoms with Crippen LogP contribution in [0.2, 0.25) is 0 Å². The van der Waals surface area contributed by atoms with Gasteiger partial charge in [0.2, 0.25) is 0 Å². The first-order valence-corrected chi connectivity index (χ1v) is 8.53. The largest absolute Gasteiger partial charge is 0.369 e. The van der Waals surface area contributed by atoms with Crippen LogP contribution in [0.4, 0.5) is 5.82 Å². The number of hydrogen-bond donors (Lipinski definition) is 1. The maximum absolute atomic E-state index is 12.8. The van der Waals surface area contributed by atoms with Crippen LogP contribution < -0.4 is 5.32 Å². The molecule has 1 heterocycles. The molecule has 0 amide bonds. The molecule has 0 unspecified atom stereocenters. The number of nitrogens with zero attached hydrogens (tertiary/aromatic N) is 1. The average Bonchev–Trinajstić information content (AvgIpc) is 2.58. The lowest BCUT2D eigenvalue weighted by atomic mass is 9.99. The number of unbranched alkanes of at least 4 members (excludes halogenated alkanes) is 4. The molecule has 0 aliphatic carbocycles. The number of pyridine rings is 1. The SMILES string of the molecule is CCCCCCCNc1ncccc1C(=O)c1ccccc1C. The minimum atomic E-state index is 0.0321. The second kappa shape index (κ2) is 9.09. The van der Waals surface area contributed by atoms with E-state index in [4.69, 9.17) is 0 Å². The third-order valence-corrected chi connectivity index (χ3v) is 4.01. The molecule has 0 saturated carbocycles. The standard InChI is InChI=1S/C20H26N2O/c1-3-4-5-6-9-14-21-20-18(13-10-15-22-20)19(23)17-12-8-7-11-16(17)2/h7-8,10-13,15H,3-6,9,14H2,1-2H3,(H,21,22). The molecule has 0 spiro atoms. The highest BCUT2D eigenvalue weighted by Crippen LogP contribution is 2.19. The Bertz CT molecular complexity index is 637. The summed E-state index contributed by atoms with van der Waals surface area (Å²) in [5.74, 6) is 0.723. The van der Waals surface area contributed by atoms with E-state index < -0.39 is 0 Å². The van der Waals surface area contributed by atoms with E-state index in [1.807, 2.05) is 43.3 Å². The number of rotatable bonds is 9. The summed E-state index contributed by atoms with van der Waals surface area (Å²) in [4.78, 5) is 17.1. The Hall–Kier alpha value is -2.16. The van der Waals surface area contributed by atoms with Crippen LogP contribution in [0.25, 0.3) is 0 Å². The van der Waals surface area contributed by atoms with E-state index in [9.17, 15) is 4.79 Å². The highest BCUT2D eigenvalue weighted by Gasteiger charge is 2.15. The van der Waals surface area contributed by atoms with Gasteiger partial charge >= 0.3 is 0 Å². The molecule has 0 atom stereocenters. The number of ketones is 1. The van der Waals surface area contributed by atoms with Crippen molar-refractivity contribution in [3.8, 4) is 0 Å². The van der Waals surface area contributed by atoms with E-state index in [0.29, 0.717) is 11.4 Å². The molecule has 1 aromatic heterocycles. The molecule has 1 N–H and O–H groups in total. The fraction of sp³-hybridized carbons (Fsp3) is 0.400. The fourth-order valence-corrected chi connectivity index (χ4v) is 2.64. The van der Waals surface area contributed by atoms with Crippen molar-refractivity contribution >= 4 is 11.6 Å². The molecule has 0 aliphatic heterocycles. The lowest BCUT2D eigenvalue weighted by Gasteiger charge is -2.11. The van der Waals surface area contributed by atoms with Crippen molar-refractivity contribution in [3.05, 3.63) is 59.3 Å². The van der Waals surface area contributed by atoms with Gasteiger partial charge in [-0.25, -0.2) is 4.98 Å². The summed E-state index contributed by atoms with van der Waals surface area (Å²) >= 11 is 0. The van der Waals surface area contributed by atoms with Crippen LogP contribution >= 0.6 is 0 Å². The summed E-state index contributed by atoms with van der Waals surface area (Å²) < 4.78 is 0. The lowest BCUT2D eigenvalue weighted by Crippen LogP contribution is -2.11. The highest BCUT2D eigenvalue weighted by atomic mass is 16.1. The van der Waals surface area contributed by atoms with Crippen LogP contribution in [0.3, 0.4) is 0 Å². The third kappa shape index (κ3) is 4.92. The first-order valence-electron chi connectivity index (χ1n) is 8.53. The molecule has 3 nitrogen and oxygen atoms in total. The van der Waals surface area contributed by atoms with E-state index in [1.54, 1.807) is 6.20 Å². The summed E-state index contributed by atoms with van der Waals surface area (Å²) in [6.07, 6.45) is 7.87. The van der Waals surface area contributed by atoms with Gasteiger partial charge in [0, 0.05) is 18.3 Å². The molecular formula is C20H26N2O. The Labute approximate surface area is 139 Å². The molecule has 0 saturated heterocycles. The predicted octanol–water partition coefficient (Wildman–Crippen LogP) is 5.00. The molecule has 2 rings (SSSR count). The number of carbonyl (C=O) groups is 1. The van der Waals surface area contributed by atoms with E-state index in [-0.39, 0.29) is 5.78 Å². The van der Waals surface area contributed by atoms with Crippen LogP contribution in [0, 0.1) is 6.92 Å². The van der Waals surface area contributed by atoms with Gasteiger partial charge in [-0.05, 0) is 31.0 Å². The first kappa shape index (κ1) is 17.2. The Morgan fingerprint density at radius 3 is 2.52 bits per heavy atom. The van der Waals surface area contributed by atoms with Gasteiger partial charge in [0.1, 0.15) is 5.82 Å². The van der Waals surface area contributed by atoms with E-state index in [2.05, 4.69) is 17.2 Å². The predicted molar refractivity (Wildman–Crippen MR) is 96.1 cm³/mol. The molecular weight excluding hydrogens is 284 g/mol. The van der Waals surface area contributed by atoms with E-state index >= 15 is 0 Å². The monoisotopic (exact) mass is 310 g/mol. The number of anilines is 1. The molecule has 23 heavy (non-hydrogen) atoms. The Morgan fingerprint density at radius 2 is 1.74 bits per heavy atom. The van der Waals surface area contributed by atoms with Crippen molar-refractivity contribution < 1.29 is 4.79 Å². The van der Waals surface area contributed by atoms with Crippen LogP contribution in [0.15, 0.2) is 42.6 Å². The number of aryl methyl sites for hydroxylation is 1. The maximum Gasteiger partial charge on any atom is 0.196 e. The number of hydrogen-bond acceptors (Lipinski definition) is 3. The van der Waals surface area contributed by atoms with Gasteiger partial charge in [0.05, 0.1) is 5.56 Å². The summed E-state index contributed by atoms with van der Waals surface area (Å²) in [7, 11) is 0. The van der Waals surface area contributed by atoms with Crippen molar-refractivity contribution in [3.63, 3.8) is 0 Å². The van der Waals surface area contributed by atoms with Crippen LogP contribution in [0.1, 0.15) is 60.5 Å². The number of nitrogens with one attached hydrogen (secondary N) is 1. The number of carbonyl (C=O) groups excluding carboxylic acids is 1. The molecule has 0 fully saturated rings. The minimum absolute atomic E-state index is 0.0321. The van der Waals surface area contributed by atoms with Crippen molar-refractivity contribution in [2.24, 2.45) is 0 Å². The van der Waals surface area contributed by atoms with Crippen LogP contribution in [0.5, 0.6) is 0 Å². The molecule has 0 aliphatic rings. The molecule has 0 bridgehead atoms. The molecule has 3 heteroatoms. The van der Waals surface area contributed by atoms with Gasteiger partial charge in [0.15, 0.2) is 5.78 Å². The van der Waals surface area contributed by atoms with Gasteiger partial charge in [-0.2, -0.15) is 0 Å². The smallest absolute Gasteiger partial charge is 0.196 e. The van der Waals surface area contributed by atoms with Gasteiger partial charge in [-0.15, -0.1) is 0 Å². The van der Waals surface area contributed by atoms with Crippen molar-refractivity contribution in [1.82, 2.24) is 4.98 Å². The fourth-order valence-electron chi connectivity index (χ4n) is 2.64. The summed E-state index contributed by atoms with van der Waals surface area (Å²) in [5.41, 5.74) is 2.38. The van der Waals surface area contributed by atoms with Gasteiger partial charge < -0.3 is 5.32 Å². The van der Waals surface area contributed by atoms with E-state index in [1.165, 1.54) is 25.7 Å². The minimum Gasteiger partial charge on any atom is -0.369 e. The maximum atomic E-state index is 12.8. The quantitative estimate of drug-likeness (QED) is 0.523. The Morgan fingerprint density at radius 1 is 1.00 bits per heavy atom. The number of aromatic nitrogens is 1.